The molecule has 2 aromatic rings. The van der Waals surface area contributed by atoms with Gasteiger partial charge in [-0.15, -0.1) is 0 Å². The first-order chi connectivity index (χ1) is 13.8. The molecule has 1 N–H and O–H groups in total. The number of hydrogen-bond donors (Lipinski definition) is 1. The second-order valence-corrected chi connectivity index (χ2v) is 8.15. The summed E-state index contributed by atoms with van der Waals surface area (Å²) in [7, 11) is 1.62. The molecule has 1 saturated heterocycles. The lowest BCUT2D eigenvalue weighted by Crippen LogP contribution is -2.45. The zero-order chi connectivity index (χ0) is 20.8. The third-order valence-electron chi connectivity index (χ3n) is 5.91. The van der Waals surface area contributed by atoms with Crippen molar-refractivity contribution in [2.75, 3.05) is 20.2 Å². The van der Waals surface area contributed by atoms with E-state index in [2.05, 4.69) is 0 Å². The van der Waals surface area contributed by atoms with E-state index in [1.54, 1.807) is 7.11 Å². The van der Waals surface area contributed by atoms with Crippen molar-refractivity contribution in [3.63, 3.8) is 0 Å². The van der Waals surface area contributed by atoms with E-state index in [-0.39, 0.29) is 11.3 Å². The Labute approximate surface area is 175 Å². The molecule has 5 nitrogen and oxygen atoms in total. The molecule has 2 aromatic carbocycles. The molecule has 0 amide bonds. The minimum absolute atomic E-state index is 0.0451. The van der Waals surface area contributed by atoms with Gasteiger partial charge in [0.15, 0.2) is 11.4 Å². The highest BCUT2D eigenvalue weighted by Crippen LogP contribution is 2.44. The van der Waals surface area contributed by atoms with Crippen molar-refractivity contribution in [1.29, 1.82) is 0 Å². The summed E-state index contributed by atoms with van der Waals surface area (Å²) in [6, 6.07) is 11.7. The van der Waals surface area contributed by atoms with Crippen LogP contribution in [-0.2, 0) is 14.4 Å². The standard InChI is InChI=1S/C23H24ClNO4/c1-14-12-17(16-4-6-18(24)7-5-16)13-15(2)19(14)20-21(26)23(29-22(20)27)8-10-25(28-3)11-9-23/h4-7,12-13,26H,8-11H2,1-3H3. The first-order valence-corrected chi connectivity index (χ1v) is 10.1. The largest absolute Gasteiger partial charge is 0.507 e. The van der Waals surface area contributed by atoms with Crippen molar-refractivity contribution in [3.8, 4) is 11.1 Å². The SMILES string of the molecule is CON1CCC2(CC1)OC(=O)C(c1c(C)cc(-c3ccc(Cl)cc3)cc1C)=C2O. The summed E-state index contributed by atoms with van der Waals surface area (Å²) in [5, 5.41) is 13.6. The van der Waals surface area contributed by atoms with Gasteiger partial charge in [-0.25, -0.2) is 4.79 Å². The molecule has 0 bridgehead atoms. The van der Waals surface area contributed by atoms with E-state index < -0.39 is 11.6 Å². The number of aliphatic hydroxyl groups is 1. The number of carbonyl (C=O) groups excluding carboxylic acids is 1. The lowest BCUT2D eigenvalue weighted by Gasteiger charge is -2.36. The minimum atomic E-state index is -0.949. The average Bonchev–Trinajstić information content (AvgIpc) is 2.93. The summed E-state index contributed by atoms with van der Waals surface area (Å²) in [5.74, 6) is -0.414. The molecule has 1 spiro atoms. The van der Waals surface area contributed by atoms with Gasteiger partial charge in [-0.05, 0) is 53.8 Å². The number of rotatable bonds is 3. The summed E-state index contributed by atoms with van der Waals surface area (Å²) in [4.78, 5) is 18.1. The van der Waals surface area contributed by atoms with Crippen molar-refractivity contribution in [2.45, 2.75) is 32.3 Å². The molecule has 0 saturated carbocycles. The van der Waals surface area contributed by atoms with Gasteiger partial charge in [0.25, 0.3) is 0 Å². The van der Waals surface area contributed by atoms with Gasteiger partial charge in [0.2, 0.25) is 0 Å². The number of piperidine rings is 1. The number of hydroxylamine groups is 2. The molecule has 1 fully saturated rings. The maximum Gasteiger partial charge on any atom is 0.343 e. The van der Waals surface area contributed by atoms with Crippen LogP contribution in [0.25, 0.3) is 16.7 Å². The van der Waals surface area contributed by atoms with Gasteiger partial charge in [-0.1, -0.05) is 35.9 Å². The van der Waals surface area contributed by atoms with Gasteiger partial charge in [-0.3, -0.25) is 0 Å². The summed E-state index contributed by atoms with van der Waals surface area (Å²) in [5.41, 5.74) is 4.00. The van der Waals surface area contributed by atoms with Gasteiger partial charge in [0.05, 0.1) is 7.11 Å². The highest BCUT2D eigenvalue weighted by atomic mass is 35.5. The van der Waals surface area contributed by atoms with E-state index in [9.17, 15) is 9.90 Å². The zero-order valence-corrected chi connectivity index (χ0v) is 17.5. The Hall–Kier alpha value is -2.34. The minimum Gasteiger partial charge on any atom is -0.507 e. The van der Waals surface area contributed by atoms with Crippen LogP contribution in [0.5, 0.6) is 0 Å². The van der Waals surface area contributed by atoms with E-state index in [4.69, 9.17) is 21.2 Å². The number of benzene rings is 2. The monoisotopic (exact) mass is 413 g/mol. The van der Waals surface area contributed by atoms with Crippen LogP contribution in [0.15, 0.2) is 42.2 Å². The number of aryl methyl sites for hydroxylation is 2. The second kappa shape index (κ2) is 7.48. The number of aliphatic hydroxyl groups excluding tert-OH is 1. The molecular formula is C23H24ClNO4. The normalized spacial score (nSPS) is 19.1. The fraction of sp³-hybridized carbons (Fsp3) is 0.348. The van der Waals surface area contributed by atoms with Crippen molar-refractivity contribution in [3.05, 3.63) is 63.9 Å². The van der Waals surface area contributed by atoms with Gasteiger partial charge >= 0.3 is 5.97 Å². The van der Waals surface area contributed by atoms with Crippen LogP contribution in [0.4, 0.5) is 0 Å². The van der Waals surface area contributed by atoms with Crippen LogP contribution >= 0.6 is 11.6 Å². The molecule has 2 aliphatic heterocycles. The Morgan fingerprint density at radius 2 is 1.66 bits per heavy atom. The van der Waals surface area contributed by atoms with Crippen LogP contribution in [0.2, 0.25) is 5.02 Å². The number of nitrogens with zero attached hydrogens (tertiary/aromatic N) is 1. The van der Waals surface area contributed by atoms with Crippen LogP contribution in [-0.4, -0.2) is 41.9 Å². The Morgan fingerprint density at radius 3 is 2.21 bits per heavy atom. The van der Waals surface area contributed by atoms with Crippen LogP contribution in [0.3, 0.4) is 0 Å². The number of hydrogen-bond acceptors (Lipinski definition) is 5. The molecule has 0 radical (unpaired) electrons. The van der Waals surface area contributed by atoms with Gasteiger partial charge in [0.1, 0.15) is 5.57 Å². The van der Waals surface area contributed by atoms with Crippen LogP contribution in [0.1, 0.15) is 29.5 Å². The molecule has 0 unspecified atom stereocenters. The highest BCUT2D eigenvalue weighted by molar-refractivity contribution is 6.30. The quantitative estimate of drug-likeness (QED) is 0.729. The zero-order valence-electron chi connectivity index (χ0n) is 16.8. The van der Waals surface area contributed by atoms with E-state index >= 15 is 0 Å². The van der Waals surface area contributed by atoms with Gasteiger partial charge < -0.3 is 14.7 Å². The third-order valence-corrected chi connectivity index (χ3v) is 6.16. The smallest absolute Gasteiger partial charge is 0.343 e. The van der Waals surface area contributed by atoms with Crippen molar-refractivity contribution < 1.29 is 19.5 Å². The molecule has 0 aliphatic carbocycles. The maximum absolute atomic E-state index is 12.8. The lowest BCUT2D eigenvalue weighted by molar-refractivity contribution is -0.182. The predicted octanol–water partition coefficient (Wildman–Crippen LogP) is 4.85. The van der Waals surface area contributed by atoms with Gasteiger partial charge in [-0.2, -0.15) is 5.06 Å². The fourth-order valence-electron chi connectivity index (χ4n) is 4.36. The summed E-state index contributed by atoms with van der Waals surface area (Å²) < 4.78 is 5.74. The van der Waals surface area contributed by atoms with E-state index in [0.29, 0.717) is 31.0 Å². The molecule has 0 aromatic heterocycles. The molecule has 29 heavy (non-hydrogen) atoms. The lowest BCUT2D eigenvalue weighted by atomic mass is 9.86. The molecule has 0 atom stereocenters. The Balaban J connectivity index is 1.74. The average molecular weight is 414 g/mol. The van der Waals surface area contributed by atoms with Gasteiger partial charge in [0, 0.05) is 31.0 Å². The Morgan fingerprint density at radius 1 is 1.07 bits per heavy atom. The van der Waals surface area contributed by atoms with Crippen molar-refractivity contribution in [2.24, 2.45) is 0 Å². The first-order valence-electron chi connectivity index (χ1n) is 9.68. The van der Waals surface area contributed by atoms with Crippen molar-refractivity contribution in [1.82, 2.24) is 5.06 Å². The van der Waals surface area contributed by atoms with E-state index in [0.717, 1.165) is 27.8 Å². The Bertz CT molecular complexity index is 965. The maximum atomic E-state index is 12.8. The summed E-state index contributed by atoms with van der Waals surface area (Å²) >= 11 is 6.00. The summed E-state index contributed by atoms with van der Waals surface area (Å²) in [6.07, 6.45) is 1.01. The van der Waals surface area contributed by atoms with E-state index in [1.165, 1.54) is 0 Å². The molecule has 2 heterocycles. The van der Waals surface area contributed by atoms with Crippen LogP contribution < -0.4 is 0 Å². The van der Waals surface area contributed by atoms with Crippen molar-refractivity contribution >= 4 is 23.1 Å². The molecule has 152 valence electrons. The molecule has 2 aliphatic rings. The highest BCUT2D eigenvalue weighted by Gasteiger charge is 2.50. The number of halogens is 1. The third kappa shape index (κ3) is 3.44. The topological polar surface area (TPSA) is 59.0 Å². The fourth-order valence-corrected chi connectivity index (χ4v) is 4.48. The summed E-state index contributed by atoms with van der Waals surface area (Å²) in [6.45, 7) is 5.09. The van der Waals surface area contributed by atoms with Crippen LogP contribution in [0, 0.1) is 13.8 Å². The Kier molecular flexibility index (Phi) is 5.15. The first kappa shape index (κ1) is 20.0. The molecule has 4 rings (SSSR count). The second-order valence-electron chi connectivity index (χ2n) is 7.71. The number of carbonyl (C=O) groups is 1. The molecule has 6 heteroatoms. The number of ether oxygens (including phenoxy) is 1. The molecular weight excluding hydrogens is 390 g/mol. The predicted molar refractivity (Wildman–Crippen MR) is 113 cm³/mol. The van der Waals surface area contributed by atoms with E-state index in [1.807, 2.05) is 55.3 Å². The number of esters is 1.